The molecule has 1 aliphatic carbocycles. The van der Waals surface area contributed by atoms with Crippen LogP contribution in [0.25, 0.3) is 0 Å². The van der Waals surface area contributed by atoms with E-state index < -0.39 is 6.10 Å². The highest BCUT2D eigenvalue weighted by Crippen LogP contribution is 2.26. The molecule has 6 heteroatoms. The van der Waals surface area contributed by atoms with Crippen LogP contribution < -0.4 is 5.73 Å². The van der Waals surface area contributed by atoms with Crippen LogP contribution in [0.15, 0.2) is 6.20 Å². The molecular formula is C12H20N4O2. The minimum absolute atomic E-state index is 0.0241. The first-order valence-corrected chi connectivity index (χ1v) is 6.16. The first-order valence-electron chi connectivity index (χ1n) is 6.16. The fourth-order valence-corrected chi connectivity index (χ4v) is 2.41. The number of aromatic nitrogens is 2. The van der Waals surface area contributed by atoms with Crippen LogP contribution in [0.2, 0.25) is 0 Å². The molecule has 1 fully saturated rings. The highest BCUT2D eigenvalue weighted by atomic mass is 16.3. The molecule has 4 N–H and O–H groups in total. The zero-order valence-electron chi connectivity index (χ0n) is 10.8. The lowest BCUT2D eigenvalue weighted by molar-refractivity contribution is -0.134. The van der Waals surface area contributed by atoms with Gasteiger partial charge in [-0.2, -0.15) is 0 Å². The van der Waals surface area contributed by atoms with Gasteiger partial charge in [-0.25, -0.2) is 4.98 Å². The van der Waals surface area contributed by atoms with Crippen molar-refractivity contribution >= 4 is 5.91 Å². The molecule has 3 atom stereocenters. The predicted molar refractivity (Wildman–Crippen MR) is 66.5 cm³/mol. The molecule has 1 saturated carbocycles. The van der Waals surface area contributed by atoms with Crippen molar-refractivity contribution in [1.29, 1.82) is 0 Å². The van der Waals surface area contributed by atoms with E-state index in [-0.39, 0.29) is 17.9 Å². The monoisotopic (exact) mass is 252 g/mol. The number of nitrogens with zero attached hydrogens (tertiary/aromatic N) is 2. The van der Waals surface area contributed by atoms with E-state index in [4.69, 9.17) is 5.73 Å². The molecule has 1 amide bonds. The van der Waals surface area contributed by atoms with Crippen molar-refractivity contribution in [2.45, 2.75) is 38.5 Å². The number of imidazole rings is 1. The van der Waals surface area contributed by atoms with Gasteiger partial charge in [-0.1, -0.05) is 0 Å². The van der Waals surface area contributed by atoms with Crippen LogP contribution in [-0.2, 0) is 11.3 Å². The van der Waals surface area contributed by atoms with Gasteiger partial charge in [-0.15, -0.1) is 0 Å². The number of amides is 1. The van der Waals surface area contributed by atoms with E-state index in [1.165, 1.54) is 0 Å². The summed E-state index contributed by atoms with van der Waals surface area (Å²) in [6.07, 6.45) is 2.20. The lowest BCUT2D eigenvalue weighted by Crippen LogP contribution is -2.32. The average molecular weight is 252 g/mol. The number of hydrogen-bond acceptors (Lipinski definition) is 4. The fourth-order valence-electron chi connectivity index (χ4n) is 2.41. The van der Waals surface area contributed by atoms with Gasteiger partial charge in [-0.3, -0.25) is 4.79 Å². The zero-order valence-corrected chi connectivity index (χ0v) is 10.8. The highest BCUT2D eigenvalue weighted by molar-refractivity contribution is 5.79. The van der Waals surface area contributed by atoms with Crippen molar-refractivity contribution in [2.75, 3.05) is 7.05 Å². The predicted octanol–water partition coefficient (Wildman–Crippen LogP) is -0.225. The van der Waals surface area contributed by atoms with Crippen LogP contribution in [0.5, 0.6) is 0 Å². The number of hydrogen-bond donors (Lipinski definition) is 3. The lowest BCUT2D eigenvalue weighted by atomic mass is 10.1. The van der Waals surface area contributed by atoms with Crippen LogP contribution >= 0.6 is 0 Å². The molecule has 1 heterocycles. The van der Waals surface area contributed by atoms with E-state index >= 15 is 0 Å². The molecule has 0 radical (unpaired) electrons. The number of nitrogens with two attached hydrogens (primary N) is 1. The Balaban J connectivity index is 1.93. The maximum absolute atomic E-state index is 12.2. The first kappa shape index (κ1) is 13.0. The molecule has 18 heavy (non-hydrogen) atoms. The van der Waals surface area contributed by atoms with Crippen LogP contribution in [0.1, 0.15) is 24.4 Å². The molecule has 2 rings (SSSR count). The Bertz CT molecular complexity index is 421. The minimum atomic E-state index is -0.557. The van der Waals surface area contributed by atoms with Gasteiger partial charge in [0.25, 0.3) is 0 Å². The maximum Gasteiger partial charge on any atom is 0.225 e. The Kier molecular flexibility index (Phi) is 3.68. The molecule has 6 nitrogen and oxygen atoms in total. The topological polar surface area (TPSA) is 95.2 Å². The fraction of sp³-hybridized carbons (Fsp3) is 0.667. The van der Waals surface area contributed by atoms with Crippen molar-refractivity contribution < 1.29 is 9.90 Å². The summed E-state index contributed by atoms with van der Waals surface area (Å²) in [4.78, 5) is 21.1. The third-order valence-corrected chi connectivity index (χ3v) is 3.44. The summed E-state index contributed by atoms with van der Waals surface area (Å²) in [5.74, 6) is 0.623. The normalized spacial score (nSPS) is 27.4. The SMILES string of the molecule is Cc1cnc(CN(C)C(=O)[C@H]2C[C@@H](N)[C@H](O)C2)[nH]1. The Morgan fingerprint density at radius 2 is 2.39 bits per heavy atom. The van der Waals surface area contributed by atoms with Crippen LogP contribution in [0.3, 0.4) is 0 Å². The minimum Gasteiger partial charge on any atom is -0.391 e. The summed E-state index contributed by atoms with van der Waals surface area (Å²) in [5, 5.41) is 9.58. The molecule has 0 aliphatic heterocycles. The summed E-state index contributed by atoms with van der Waals surface area (Å²) in [7, 11) is 1.75. The molecule has 1 aromatic heterocycles. The lowest BCUT2D eigenvalue weighted by Gasteiger charge is -2.19. The average Bonchev–Trinajstić information content (AvgIpc) is 2.85. The molecule has 0 aromatic carbocycles. The summed E-state index contributed by atoms with van der Waals surface area (Å²) in [6.45, 7) is 2.37. The van der Waals surface area contributed by atoms with E-state index in [1.54, 1.807) is 18.1 Å². The van der Waals surface area contributed by atoms with Gasteiger partial charge in [0.1, 0.15) is 5.82 Å². The third-order valence-electron chi connectivity index (χ3n) is 3.44. The number of aliphatic hydroxyl groups excluding tert-OH is 1. The van der Waals surface area contributed by atoms with E-state index in [0.717, 1.165) is 11.5 Å². The Morgan fingerprint density at radius 1 is 1.67 bits per heavy atom. The quantitative estimate of drug-likeness (QED) is 0.692. The molecule has 1 aliphatic rings. The first-order chi connectivity index (χ1) is 8.47. The number of rotatable bonds is 3. The summed E-state index contributed by atoms with van der Waals surface area (Å²) in [5.41, 5.74) is 6.70. The largest absolute Gasteiger partial charge is 0.391 e. The molecule has 0 saturated heterocycles. The van der Waals surface area contributed by atoms with Crippen molar-refractivity contribution in [1.82, 2.24) is 14.9 Å². The second-order valence-corrected chi connectivity index (χ2v) is 5.11. The smallest absolute Gasteiger partial charge is 0.225 e. The summed E-state index contributed by atoms with van der Waals surface area (Å²) < 4.78 is 0. The molecule has 100 valence electrons. The number of carbonyl (C=O) groups excluding carboxylic acids is 1. The molecular weight excluding hydrogens is 232 g/mol. The number of H-pyrrole nitrogens is 1. The van der Waals surface area contributed by atoms with Gasteiger partial charge in [0.2, 0.25) is 5.91 Å². The molecule has 0 bridgehead atoms. The van der Waals surface area contributed by atoms with E-state index in [2.05, 4.69) is 9.97 Å². The number of carbonyl (C=O) groups is 1. The number of aliphatic hydroxyl groups is 1. The van der Waals surface area contributed by atoms with Gasteiger partial charge in [0.05, 0.1) is 12.6 Å². The summed E-state index contributed by atoms with van der Waals surface area (Å²) >= 11 is 0. The zero-order chi connectivity index (χ0) is 13.3. The Morgan fingerprint density at radius 3 is 2.89 bits per heavy atom. The Hall–Kier alpha value is -1.40. The van der Waals surface area contributed by atoms with E-state index in [0.29, 0.717) is 19.4 Å². The van der Waals surface area contributed by atoms with Crippen LogP contribution in [0.4, 0.5) is 0 Å². The molecule has 0 unspecified atom stereocenters. The highest BCUT2D eigenvalue weighted by Gasteiger charge is 2.36. The molecule has 0 spiro atoms. The van der Waals surface area contributed by atoms with Gasteiger partial charge in [0.15, 0.2) is 0 Å². The maximum atomic E-state index is 12.2. The molecule has 1 aromatic rings. The van der Waals surface area contributed by atoms with Crippen molar-refractivity contribution in [3.8, 4) is 0 Å². The van der Waals surface area contributed by atoms with Crippen molar-refractivity contribution in [2.24, 2.45) is 11.7 Å². The second kappa shape index (κ2) is 5.07. The second-order valence-electron chi connectivity index (χ2n) is 5.11. The van der Waals surface area contributed by atoms with E-state index in [9.17, 15) is 9.90 Å². The third kappa shape index (κ3) is 2.70. The van der Waals surface area contributed by atoms with E-state index in [1.807, 2.05) is 6.92 Å². The van der Waals surface area contributed by atoms with Gasteiger partial charge in [0, 0.05) is 30.9 Å². The van der Waals surface area contributed by atoms with Gasteiger partial charge >= 0.3 is 0 Å². The standard InChI is InChI=1S/C12H20N4O2/c1-7-5-14-11(15-7)6-16(2)12(18)8-3-9(13)10(17)4-8/h5,8-10,17H,3-4,6,13H2,1-2H3,(H,14,15)/t8-,9+,10+/m0/s1. The van der Waals surface area contributed by atoms with Crippen molar-refractivity contribution in [3.63, 3.8) is 0 Å². The number of aromatic amines is 1. The number of aryl methyl sites for hydroxylation is 1. The Labute approximate surface area is 106 Å². The number of nitrogens with one attached hydrogen (secondary N) is 1. The summed E-state index contributed by atoms with van der Waals surface area (Å²) in [6, 6.07) is -0.279. The van der Waals surface area contributed by atoms with Crippen LogP contribution in [0, 0.1) is 12.8 Å². The van der Waals surface area contributed by atoms with Crippen molar-refractivity contribution in [3.05, 3.63) is 17.7 Å². The van der Waals surface area contributed by atoms with Crippen LogP contribution in [-0.4, -0.2) is 45.1 Å². The van der Waals surface area contributed by atoms with Gasteiger partial charge in [-0.05, 0) is 19.8 Å². The van der Waals surface area contributed by atoms with Gasteiger partial charge < -0.3 is 20.7 Å².